The van der Waals surface area contributed by atoms with E-state index in [2.05, 4.69) is 5.32 Å². The van der Waals surface area contributed by atoms with Crippen molar-refractivity contribution in [3.8, 4) is 0 Å². The lowest BCUT2D eigenvalue weighted by molar-refractivity contribution is 0.110. The minimum atomic E-state index is 0.422. The average molecular weight is 232 g/mol. The highest BCUT2D eigenvalue weighted by atomic mass is 35.5. The Morgan fingerprint density at radius 2 is 2.57 bits per heavy atom. The van der Waals surface area contributed by atoms with E-state index in [-0.39, 0.29) is 0 Å². The fourth-order valence-electron chi connectivity index (χ4n) is 1.61. The van der Waals surface area contributed by atoms with Crippen molar-refractivity contribution in [1.82, 2.24) is 5.32 Å². The average Bonchev–Trinajstić information content (AvgIpc) is 2.77. The number of rotatable bonds is 4. The summed E-state index contributed by atoms with van der Waals surface area (Å²) < 4.78 is 5.51. The molecular weight excluding hydrogens is 218 g/mol. The molecule has 1 aliphatic heterocycles. The Morgan fingerprint density at radius 3 is 3.21 bits per heavy atom. The normalized spacial score (nSPS) is 21.6. The molecule has 0 radical (unpaired) electrons. The van der Waals surface area contributed by atoms with Gasteiger partial charge >= 0.3 is 0 Å². The maximum Gasteiger partial charge on any atom is 0.0700 e. The van der Waals surface area contributed by atoms with Crippen molar-refractivity contribution >= 4 is 22.9 Å². The number of hydrogen-bond acceptors (Lipinski definition) is 3. The van der Waals surface area contributed by atoms with Crippen LogP contribution in [0.4, 0.5) is 0 Å². The summed E-state index contributed by atoms with van der Waals surface area (Å²) in [4.78, 5) is 1.29. The van der Waals surface area contributed by atoms with Gasteiger partial charge in [-0.1, -0.05) is 11.6 Å². The summed E-state index contributed by atoms with van der Waals surface area (Å²) in [7, 11) is 0. The number of thiophene rings is 1. The molecule has 1 fully saturated rings. The molecule has 1 aromatic rings. The van der Waals surface area contributed by atoms with E-state index in [9.17, 15) is 0 Å². The van der Waals surface area contributed by atoms with Crippen LogP contribution in [0.2, 0.25) is 5.02 Å². The molecule has 0 bridgehead atoms. The molecular formula is C10H14ClNOS. The molecule has 2 rings (SSSR count). The Kier molecular flexibility index (Phi) is 3.81. The quantitative estimate of drug-likeness (QED) is 0.861. The molecule has 14 heavy (non-hydrogen) atoms. The standard InChI is InChI=1S/C10H14ClNOS/c11-8-4-10(14-7-8)6-12-5-9-2-1-3-13-9/h4,7,9,12H,1-3,5-6H2. The van der Waals surface area contributed by atoms with Gasteiger partial charge in [-0.3, -0.25) is 0 Å². The molecule has 0 amide bonds. The lowest BCUT2D eigenvalue weighted by Gasteiger charge is -2.09. The van der Waals surface area contributed by atoms with Gasteiger partial charge in [0.2, 0.25) is 0 Å². The largest absolute Gasteiger partial charge is 0.377 e. The minimum absolute atomic E-state index is 0.422. The molecule has 1 aliphatic rings. The second kappa shape index (κ2) is 5.12. The summed E-state index contributed by atoms with van der Waals surface area (Å²) in [6.45, 7) is 2.78. The van der Waals surface area contributed by atoms with Crippen LogP contribution in [0, 0.1) is 0 Å². The van der Waals surface area contributed by atoms with E-state index in [1.54, 1.807) is 11.3 Å². The van der Waals surface area contributed by atoms with Gasteiger partial charge in [0.05, 0.1) is 11.1 Å². The first-order chi connectivity index (χ1) is 6.84. The van der Waals surface area contributed by atoms with Crippen LogP contribution in [0.25, 0.3) is 0 Å². The zero-order valence-corrected chi connectivity index (χ0v) is 9.53. The van der Waals surface area contributed by atoms with Crippen LogP contribution in [-0.4, -0.2) is 19.3 Å². The van der Waals surface area contributed by atoms with E-state index >= 15 is 0 Å². The summed E-state index contributed by atoms with van der Waals surface area (Å²) in [6.07, 6.45) is 2.82. The molecule has 0 spiro atoms. The molecule has 1 N–H and O–H groups in total. The van der Waals surface area contributed by atoms with E-state index in [1.807, 2.05) is 11.4 Å². The molecule has 1 unspecified atom stereocenters. The van der Waals surface area contributed by atoms with Gasteiger partial charge in [0.1, 0.15) is 0 Å². The van der Waals surface area contributed by atoms with Gasteiger partial charge in [-0.15, -0.1) is 11.3 Å². The molecule has 2 nitrogen and oxygen atoms in total. The second-order valence-electron chi connectivity index (χ2n) is 3.50. The molecule has 2 heterocycles. The Bertz CT molecular complexity index is 283. The lowest BCUT2D eigenvalue weighted by atomic mass is 10.2. The van der Waals surface area contributed by atoms with Crippen molar-refractivity contribution in [2.45, 2.75) is 25.5 Å². The van der Waals surface area contributed by atoms with Crippen molar-refractivity contribution < 1.29 is 4.74 Å². The highest BCUT2D eigenvalue weighted by molar-refractivity contribution is 7.10. The van der Waals surface area contributed by atoms with Crippen LogP contribution in [0.1, 0.15) is 17.7 Å². The van der Waals surface area contributed by atoms with E-state index in [0.717, 1.165) is 24.7 Å². The van der Waals surface area contributed by atoms with Gasteiger partial charge < -0.3 is 10.1 Å². The first-order valence-electron chi connectivity index (χ1n) is 4.90. The summed E-state index contributed by atoms with van der Waals surface area (Å²) in [6, 6.07) is 2.01. The first kappa shape index (κ1) is 10.4. The van der Waals surface area contributed by atoms with Crippen LogP contribution in [0.3, 0.4) is 0 Å². The van der Waals surface area contributed by atoms with Crippen LogP contribution in [0.15, 0.2) is 11.4 Å². The number of nitrogens with one attached hydrogen (secondary N) is 1. The zero-order chi connectivity index (χ0) is 9.80. The Balaban J connectivity index is 1.67. The number of hydrogen-bond donors (Lipinski definition) is 1. The van der Waals surface area contributed by atoms with Crippen molar-refractivity contribution in [2.24, 2.45) is 0 Å². The van der Waals surface area contributed by atoms with Crippen LogP contribution in [0.5, 0.6) is 0 Å². The SMILES string of the molecule is Clc1csc(CNCC2CCCO2)c1. The second-order valence-corrected chi connectivity index (χ2v) is 4.93. The van der Waals surface area contributed by atoms with Crippen LogP contribution >= 0.6 is 22.9 Å². The molecule has 78 valence electrons. The monoisotopic (exact) mass is 231 g/mol. The minimum Gasteiger partial charge on any atom is -0.377 e. The predicted molar refractivity (Wildman–Crippen MR) is 60.0 cm³/mol. The summed E-state index contributed by atoms with van der Waals surface area (Å²) >= 11 is 7.52. The fourth-order valence-corrected chi connectivity index (χ4v) is 2.65. The molecule has 0 aliphatic carbocycles. The highest BCUT2D eigenvalue weighted by Gasteiger charge is 2.14. The van der Waals surface area contributed by atoms with E-state index in [4.69, 9.17) is 16.3 Å². The molecule has 0 aromatic carbocycles. The summed E-state index contributed by atoms with van der Waals surface area (Å²) in [5.74, 6) is 0. The molecule has 0 saturated carbocycles. The zero-order valence-electron chi connectivity index (χ0n) is 7.96. The maximum atomic E-state index is 5.82. The molecule has 1 atom stereocenters. The highest BCUT2D eigenvalue weighted by Crippen LogP contribution is 2.18. The maximum absolute atomic E-state index is 5.82. The Morgan fingerprint density at radius 1 is 1.64 bits per heavy atom. The van der Waals surface area contributed by atoms with E-state index in [1.165, 1.54) is 17.7 Å². The topological polar surface area (TPSA) is 21.3 Å². The smallest absolute Gasteiger partial charge is 0.0700 e. The van der Waals surface area contributed by atoms with Gasteiger partial charge in [-0.2, -0.15) is 0 Å². The van der Waals surface area contributed by atoms with Gasteiger partial charge in [0.25, 0.3) is 0 Å². The molecule has 1 saturated heterocycles. The van der Waals surface area contributed by atoms with Crippen molar-refractivity contribution in [3.63, 3.8) is 0 Å². The van der Waals surface area contributed by atoms with Gasteiger partial charge in [-0.25, -0.2) is 0 Å². The molecule has 4 heteroatoms. The van der Waals surface area contributed by atoms with Gasteiger partial charge in [0, 0.05) is 30.0 Å². The number of halogens is 1. The third kappa shape index (κ3) is 2.95. The Hall–Kier alpha value is -0.0900. The van der Waals surface area contributed by atoms with Gasteiger partial charge in [-0.05, 0) is 18.9 Å². The lowest BCUT2D eigenvalue weighted by Crippen LogP contribution is -2.25. The fraction of sp³-hybridized carbons (Fsp3) is 0.600. The summed E-state index contributed by atoms with van der Waals surface area (Å²) in [5.41, 5.74) is 0. The third-order valence-electron chi connectivity index (χ3n) is 2.32. The third-order valence-corrected chi connectivity index (χ3v) is 3.60. The number of ether oxygens (including phenoxy) is 1. The molecule has 1 aromatic heterocycles. The summed E-state index contributed by atoms with van der Waals surface area (Å²) in [5, 5.41) is 6.18. The van der Waals surface area contributed by atoms with Crippen LogP contribution in [-0.2, 0) is 11.3 Å². The van der Waals surface area contributed by atoms with Crippen LogP contribution < -0.4 is 5.32 Å². The van der Waals surface area contributed by atoms with E-state index in [0.29, 0.717) is 6.10 Å². The van der Waals surface area contributed by atoms with Crippen molar-refractivity contribution in [2.75, 3.05) is 13.2 Å². The van der Waals surface area contributed by atoms with Gasteiger partial charge in [0.15, 0.2) is 0 Å². The van der Waals surface area contributed by atoms with Crippen molar-refractivity contribution in [3.05, 3.63) is 21.3 Å². The predicted octanol–water partition coefficient (Wildman–Crippen LogP) is 2.67. The Labute approximate surface area is 93.2 Å². The van der Waals surface area contributed by atoms with Crippen molar-refractivity contribution in [1.29, 1.82) is 0 Å². The van der Waals surface area contributed by atoms with E-state index < -0.39 is 0 Å². The first-order valence-corrected chi connectivity index (χ1v) is 6.15.